The predicted molar refractivity (Wildman–Crippen MR) is 550 cm³/mol. The molecule has 0 amide bonds. The van der Waals surface area contributed by atoms with E-state index in [9.17, 15) is 0 Å². The molecular weight excluding hydrogens is 1720 g/mol. The van der Waals surface area contributed by atoms with Gasteiger partial charge in [-0.3, -0.25) is 0 Å². The fourth-order valence-corrected chi connectivity index (χ4v) is 17.2. The fourth-order valence-electron chi connectivity index (χ4n) is 17.2. The van der Waals surface area contributed by atoms with Gasteiger partial charge in [0.15, 0.2) is 46.0 Å². The number of methoxy groups -OCH3 is 4. The molecule has 0 radical (unpaired) electrons. The van der Waals surface area contributed by atoms with E-state index in [4.69, 9.17) is 105 Å². The highest BCUT2D eigenvalue weighted by atomic mass is 16.6. The van der Waals surface area contributed by atoms with Gasteiger partial charge < -0.3 is 105 Å². The Hall–Kier alpha value is -7.56. The van der Waals surface area contributed by atoms with Crippen LogP contribution >= 0.6 is 0 Å². The van der Waals surface area contributed by atoms with E-state index in [1.54, 1.807) is 28.4 Å². The second-order valence-corrected chi connectivity index (χ2v) is 36.0. The maximum absolute atomic E-state index is 7.05. The second-order valence-electron chi connectivity index (χ2n) is 36.0. The Labute approximate surface area is 815 Å². The van der Waals surface area contributed by atoms with Gasteiger partial charge in [0.05, 0.1) is 181 Å². The van der Waals surface area contributed by atoms with Crippen LogP contribution in [0.3, 0.4) is 0 Å². The molecule has 762 valence electrons. The molecule has 24 nitrogen and oxygen atoms in total. The first-order chi connectivity index (χ1) is 67.3. The molecule has 0 fully saturated rings. The van der Waals surface area contributed by atoms with Crippen LogP contribution in [0.5, 0.6) is 46.0 Å². The topological polar surface area (TPSA) is 242 Å². The molecule has 0 saturated carbocycles. The van der Waals surface area contributed by atoms with Crippen molar-refractivity contribution in [3.63, 3.8) is 0 Å². The number of ether oxygens (including phenoxy) is 20. The largest absolute Gasteiger partial charge is 0.490 e. The Balaban J connectivity index is 1.26. The van der Waals surface area contributed by atoms with Crippen LogP contribution in [0.4, 0.5) is 0 Å². The van der Waals surface area contributed by atoms with Gasteiger partial charge >= 0.3 is 0 Å². The maximum Gasteiger partial charge on any atom is 0.162 e. The van der Waals surface area contributed by atoms with Crippen molar-refractivity contribution in [1.82, 2.24) is 19.9 Å². The molecule has 0 unspecified atom stereocenters. The summed E-state index contributed by atoms with van der Waals surface area (Å²) >= 11 is 0. The number of hydrogen-bond donors (Lipinski definition) is 2. The first-order valence-electron chi connectivity index (χ1n) is 53.0. The Morgan fingerprint density at radius 3 is 0.507 bits per heavy atom. The first kappa shape index (κ1) is 112. The normalized spacial score (nSPS) is 11.8. The van der Waals surface area contributed by atoms with E-state index < -0.39 is 0 Å². The van der Waals surface area contributed by atoms with Gasteiger partial charge in [0, 0.05) is 94.3 Å². The van der Waals surface area contributed by atoms with Crippen LogP contribution in [0.15, 0.2) is 72.8 Å². The number of benzene rings is 4. The van der Waals surface area contributed by atoms with Crippen LogP contribution in [0.25, 0.3) is 88.6 Å². The Bertz CT molecular complexity index is 3930. The summed E-state index contributed by atoms with van der Waals surface area (Å²) in [5.41, 5.74) is 9.51. The molecule has 0 spiro atoms. The molecule has 2 aliphatic heterocycles. The number of nitrogens with zero attached hydrogens (tertiary/aromatic N) is 2. The average Bonchev–Trinajstić information content (AvgIpc) is 1.59. The molecule has 136 heavy (non-hydrogen) atoms. The van der Waals surface area contributed by atoms with Gasteiger partial charge in [-0.25, -0.2) is 9.97 Å². The lowest BCUT2D eigenvalue weighted by Gasteiger charge is -2.15. The van der Waals surface area contributed by atoms with Crippen molar-refractivity contribution in [3.05, 3.63) is 72.8 Å². The summed E-state index contributed by atoms with van der Waals surface area (Å²) in [4.78, 5) is 19.6. The second kappa shape index (κ2) is 71.8. The molecule has 3 aromatic heterocycles. The minimum atomic E-state index is 0.230. The quantitative estimate of drug-likeness (QED) is 0.0337. The van der Waals surface area contributed by atoms with E-state index in [2.05, 4.69) is 110 Å². The third kappa shape index (κ3) is 42.5. The van der Waals surface area contributed by atoms with Crippen molar-refractivity contribution < 1.29 is 94.7 Å². The molecule has 9 rings (SSSR count). The molecule has 7 aromatic rings. The number of aromatic nitrogens is 4. The number of H-pyrrole nitrogens is 2. The Kier molecular flexibility index (Phi) is 59.2. The zero-order chi connectivity index (χ0) is 95.4. The molecule has 0 aliphatic carbocycles. The van der Waals surface area contributed by atoms with E-state index in [1.165, 1.54) is 205 Å². The zero-order valence-electron chi connectivity index (χ0n) is 85.1. The Morgan fingerprint density at radius 1 is 0.169 bits per heavy atom. The number of fused-ring (bicyclic) bond motifs is 20. The first-order valence-corrected chi connectivity index (χ1v) is 53.0. The number of unbranched alkanes of at least 4 members (excludes halogenated alkanes) is 36. The van der Waals surface area contributed by atoms with E-state index in [1.807, 2.05) is 0 Å². The van der Waals surface area contributed by atoms with E-state index in [0.29, 0.717) is 227 Å². The van der Waals surface area contributed by atoms with Crippen molar-refractivity contribution in [2.75, 3.05) is 213 Å². The molecule has 2 N–H and O–H groups in total. The molecule has 0 atom stereocenters. The SMILES string of the molecule is CCCCCCCCCCCCOc1cc2c(cc1OCCCCCCCCCCCC)-c1cc3[nH]c(cc4nc(cc5[nH]c(cc-2n1)c1cc(OCCOCCOCCOC)c(OCCOCCOCCOC)cc51)-c1cc(OCCCCCCCCCCCC)c(OCCCCCCCCCCCC)cc1-4)c1cc(OCCOCCOCCOC)c(OCCOCCOCCOC)cc31. The summed E-state index contributed by atoms with van der Waals surface area (Å²) in [7, 11) is 6.67. The van der Waals surface area contributed by atoms with Gasteiger partial charge in [0.1, 0.15) is 26.4 Å². The standard InChI is InChI=1S/C112H174N4O20/c1-9-13-17-21-25-29-33-37-41-45-49-129-105-77-89-90(78-106(105)130-50-46-42-38-34-30-26-22-18-14-10-2)98-86-102-95-83-111(135-75-71-127-67-63-123-59-55-119-7)112(136-76-72-128-68-64-124-60-56-120-8)84-96(95)104(116-102)88-100-92-80-108(132-52-48-44-40-36-32-28-24-20-16-12-4)107(131-51-47-43-39-35-31-27-23-19-15-11-3)79-91(92)99(114-100)87-103-94-82-110(134-74-70-126-66-62-122-58-54-118-6)109(81-93(94)101(115-103)85-97(89)113-98)133-73-69-125-65-61-121-57-53-117-5/h77-88,115-116H,9-76H2,1-8H3. The van der Waals surface area contributed by atoms with Crippen molar-refractivity contribution in [3.8, 4) is 91.0 Å². The van der Waals surface area contributed by atoms with Crippen LogP contribution in [0, 0.1) is 0 Å². The number of nitrogens with one attached hydrogen (secondary N) is 2. The van der Waals surface area contributed by atoms with Crippen LogP contribution in [-0.2, 0) is 56.8 Å². The number of hydrogen-bond acceptors (Lipinski definition) is 22. The van der Waals surface area contributed by atoms with Crippen LogP contribution in [0.2, 0.25) is 0 Å². The van der Waals surface area contributed by atoms with Crippen LogP contribution in [-0.4, -0.2) is 233 Å². The van der Waals surface area contributed by atoms with Gasteiger partial charge in [0.25, 0.3) is 0 Å². The van der Waals surface area contributed by atoms with Crippen molar-refractivity contribution >= 4 is 43.6 Å². The van der Waals surface area contributed by atoms with E-state index in [0.717, 1.165) is 117 Å². The summed E-state index contributed by atoms with van der Waals surface area (Å²) in [6, 6.07) is 25.6. The summed E-state index contributed by atoms with van der Waals surface area (Å²) < 4.78 is 124. The van der Waals surface area contributed by atoms with Gasteiger partial charge in [0.2, 0.25) is 0 Å². The molecule has 2 aliphatic rings. The molecule has 5 heterocycles. The number of rotatable bonds is 88. The zero-order valence-corrected chi connectivity index (χ0v) is 85.1. The summed E-state index contributed by atoms with van der Waals surface area (Å²) in [6.07, 6.45) is 48.7. The highest BCUT2D eigenvalue weighted by Gasteiger charge is 2.27. The van der Waals surface area contributed by atoms with Gasteiger partial charge in [-0.15, -0.1) is 0 Å². The monoisotopic (exact) mass is 1900 g/mol. The maximum atomic E-state index is 7.05. The Morgan fingerprint density at radius 2 is 0.324 bits per heavy atom. The van der Waals surface area contributed by atoms with Crippen LogP contribution in [0.1, 0.15) is 285 Å². The summed E-state index contributed by atoms with van der Waals surface area (Å²) in [5.74, 6) is 4.87. The number of aromatic amines is 2. The van der Waals surface area contributed by atoms with Gasteiger partial charge in [-0.1, -0.05) is 259 Å². The summed E-state index contributed by atoms with van der Waals surface area (Å²) in [5, 5.41) is 3.45. The summed E-state index contributed by atoms with van der Waals surface area (Å²) in [6.45, 7) is 20.6. The third-order valence-electron chi connectivity index (χ3n) is 24.9. The third-order valence-corrected chi connectivity index (χ3v) is 24.9. The van der Waals surface area contributed by atoms with Gasteiger partial charge in [-0.05, 0) is 98.5 Å². The average molecular weight is 1900 g/mol. The van der Waals surface area contributed by atoms with Crippen LogP contribution < -0.4 is 37.9 Å². The lowest BCUT2D eigenvalue weighted by atomic mass is 10.0. The predicted octanol–water partition coefficient (Wildman–Crippen LogP) is 26.7. The molecular formula is C112H174N4O20. The van der Waals surface area contributed by atoms with Crippen molar-refractivity contribution in [2.45, 2.75) is 285 Å². The van der Waals surface area contributed by atoms with E-state index >= 15 is 0 Å². The lowest BCUT2D eigenvalue weighted by molar-refractivity contribution is 0.0160. The molecule has 0 saturated heterocycles. The molecule has 8 bridgehead atoms. The highest BCUT2D eigenvalue weighted by Crippen LogP contribution is 2.49. The molecule has 24 heteroatoms. The van der Waals surface area contributed by atoms with E-state index in [-0.39, 0.29) is 26.4 Å². The fraction of sp³-hybridized carbons (Fsp3) is 0.679. The highest BCUT2D eigenvalue weighted by molar-refractivity contribution is 6.12. The minimum absolute atomic E-state index is 0.230. The minimum Gasteiger partial charge on any atom is -0.490 e. The molecule has 4 aromatic carbocycles. The smallest absolute Gasteiger partial charge is 0.162 e. The lowest BCUT2D eigenvalue weighted by Crippen LogP contribution is -2.14. The van der Waals surface area contributed by atoms with Gasteiger partial charge in [-0.2, -0.15) is 0 Å². The van der Waals surface area contributed by atoms with Crippen molar-refractivity contribution in [2.24, 2.45) is 0 Å². The van der Waals surface area contributed by atoms with Crippen molar-refractivity contribution in [1.29, 1.82) is 0 Å².